The van der Waals surface area contributed by atoms with E-state index in [9.17, 15) is 20.1 Å². The molecule has 2 aliphatic rings. The van der Waals surface area contributed by atoms with Crippen molar-refractivity contribution in [2.75, 3.05) is 20.8 Å². The van der Waals surface area contributed by atoms with Gasteiger partial charge in [0, 0.05) is 17.7 Å². The molecule has 0 saturated heterocycles. The van der Waals surface area contributed by atoms with E-state index in [-0.39, 0.29) is 53.1 Å². The largest absolute Gasteiger partial charge is 0.508 e. The summed E-state index contributed by atoms with van der Waals surface area (Å²) in [6, 6.07) is 4.05. The third-order valence-electron chi connectivity index (χ3n) is 4.95. The lowest BCUT2D eigenvalue weighted by Crippen LogP contribution is -2.53. The van der Waals surface area contributed by atoms with Gasteiger partial charge in [0.25, 0.3) is 0 Å². The molecule has 25 heavy (non-hydrogen) atoms. The monoisotopic (exact) mass is 344 g/mol. The van der Waals surface area contributed by atoms with Crippen LogP contribution in [0.5, 0.6) is 34.5 Å². The molecule has 3 N–H and O–H groups in total. The van der Waals surface area contributed by atoms with Crippen LogP contribution in [0.1, 0.15) is 21.5 Å². The van der Waals surface area contributed by atoms with Crippen LogP contribution in [-0.2, 0) is 11.8 Å². The van der Waals surface area contributed by atoms with Crippen LogP contribution in [0.4, 0.5) is 0 Å². The molecule has 2 aromatic carbocycles. The maximum absolute atomic E-state index is 13.1. The van der Waals surface area contributed by atoms with E-state index in [1.807, 2.05) is 0 Å². The molecule has 7 nitrogen and oxygen atoms in total. The summed E-state index contributed by atoms with van der Waals surface area (Å²) in [5.74, 6) is -0.220. The second kappa shape index (κ2) is 4.95. The maximum atomic E-state index is 13.1. The average molecular weight is 344 g/mol. The van der Waals surface area contributed by atoms with E-state index in [4.69, 9.17) is 14.2 Å². The number of Topliss-reactive ketones (excluding diaryl/α,β-unsaturated/α-hetero) is 1. The van der Waals surface area contributed by atoms with Gasteiger partial charge in [0.1, 0.15) is 29.4 Å². The van der Waals surface area contributed by atoms with Crippen molar-refractivity contribution >= 4 is 5.78 Å². The smallest absolute Gasteiger partial charge is 0.203 e. The van der Waals surface area contributed by atoms with Crippen molar-refractivity contribution in [3.05, 3.63) is 34.9 Å². The first-order valence-corrected chi connectivity index (χ1v) is 7.64. The number of aromatic hydroxyl groups is 3. The van der Waals surface area contributed by atoms with Crippen LogP contribution in [-0.4, -0.2) is 41.9 Å². The highest BCUT2D eigenvalue weighted by molar-refractivity contribution is 6.11. The summed E-state index contributed by atoms with van der Waals surface area (Å²) in [7, 11) is 2.87. The minimum atomic E-state index is -1.01. The summed E-state index contributed by atoms with van der Waals surface area (Å²) < 4.78 is 16.1. The second-order valence-corrected chi connectivity index (χ2v) is 6.20. The Morgan fingerprint density at radius 2 is 1.88 bits per heavy atom. The molecule has 1 atom stereocenters. The zero-order chi connectivity index (χ0) is 17.9. The molecule has 130 valence electrons. The molecule has 1 spiro atoms. The molecule has 0 radical (unpaired) electrons. The van der Waals surface area contributed by atoms with Crippen LogP contribution < -0.4 is 14.2 Å². The standard InChI is InChI=1S/C18H16O7/c1-23-13-5-10-9(15(21)16(13)24-2)6-18(10)7-25-12-4-8(19)3-11(20)14(12)17(18)22/h3-5,19-21H,6-7H2,1-2H3. The zero-order valence-electron chi connectivity index (χ0n) is 13.6. The number of ether oxygens (including phenoxy) is 3. The molecular weight excluding hydrogens is 328 g/mol. The van der Waals surface area contributed by atoms with Crippen LogP contribution in [0, 0.1) is 0 Å². The number of rotatable bonds is 2. The molecule has 0 bridgehead atoms. The quantitative estimate of drug-likeness (QED) is 0.764. The van der Waals surface area contributed by atoms with Crippen LogP contribution in [0.2, 0.25) is 0 Å². The topological polar surface area (TPSA) is 105 Å². The molecule has 1 unspecified atom stereocenters. The number of phenolic OH excluding ortho intramolecular Hbond substituents is 3. The Morgan fingerprint density at radius 1 is 1.12 bits per heavy atom. The lowest BCUT2D eigenvalue weighted by Gasteiger charge is -2.45. The summed E-state index contributed by atoms with van der Waals surface area (Å²) in [6.45, 7) is 0.0453. The molecule has 4 rings (SSSR count). The van der Waals surface area contributed by atoms with Gasteiger partial charge in [0.15, 0.2) is 17.3 Å². The van der Waals surface area contributed by atoms with Gasteiger partial charge >= 0.3 is 0 Å². The fourth-order valence-corrected chi connectivity index (χ4v) is 3.68. The zero-order valence-corrected chi connectivity index (χ0v) is 13.6. The predicted molar refractivity (Wildman–Crippen MR) is 86.2 cm³/mol. The molecule has 1 aliphatic heterocycles. The molecule has 1 aliphatic carbocycles. The minimum Gasteiger partial charge on any atom is -0.508 e. The van der Waals surface area contributed by atoms with Crippen molar-refractivity contribution in [1.29, 1.82) is 0 Å². The Balaban J connectivity index is 1.87. The molecule has 0 saturated carbocycles. The summed E-state index contributed by atoms with van der Waals surface area (Å²) in [5.41, 5.74) is 0.208. The first kappa shape index (κ1) is 15.4. The van der Waals surface area contributed by atoms with Crippen molar-refractivity contribution in [1.82, 2.24) is 0 Å². The lowest BCUT2D eigenvalue weighted by molar-refractivity contribution is 0.0720. The summed E-state index contributed by atoms with van der Waals surface area (Å²) >= 11 is 0. The summed E-state index contributed by atoms with van der Waals surface area (Å²) in [4.78, 5) is 13.1. The van der Waals surface area contributed by atoms with E-state index in [1.165, 1.54) is 20.3 Å². The Bertz CT molecular complexity index is 918. The van der Waals surface area contributed by atoms with Crippen molar-refractivity contribution in [2.45, 2.75) is 11.8 Å². The van der Waals surface area contributed by atoms with Crippen molar-refractivity contribution in [3.63, 3.8) is 0 Å². The number of hydrogen-bond acceptors (Lipinski definition) is 7. The Kier molecular flexibility index (Phi) is 3.06. The number of hydrogen-bond donors (Lipinski definition) is 3. The average Bonchev–Trinajstić information content (AvgIpc) is 2.55. The van der Waals surface area contributed by atoms with Crippen LogP contribution in [0.25, 0.3) is 0 Å². The molecule has 0 amide bonds. The molecular formula is C18H16O7. The molecule has 7 heteroatoms. The molecule has 0 aromatic heterocycles. The Hall–Kier alpha value is -3.09. The van der Waals surface area contributed by atoms with Gasteiger partial charge in [0.2, 0.25) is 5.75 Å². The first-order valence-electron chi connectivity index (χ1n) is 7.64. The van der Waals surface area contributed by atoms with Crippen LogP contribution in [0.3, 0.4) is 0 Å². The Labute approximate surface area is 143 Å². The fourth-order valence-electron chi connectivity index (χ4n) is 3.68. The lowest BCUT2D eigenvalue weighted by atomic mass is 9.59. The SMILES string of the molecule is COc1cc2c(c(O)c1OC)CC21COc2cc(O)cc(O)c2C1=O. The van der Waals surface area contributed by atoms with Gasteiger partial charge in [-0.25, -0.2) is 0 Å². The van der Waals surface area contributed by atoms with Crippen molar-refractivity contribution in [2.24, 2.45) is 0 Å². The van der Waals surface area contributed by atoms with Crippen LogP contribution >= 0.6 is 0 Å². The van der Waals surface area contributed by atoms with Crippen LogP contribution in [0.15, 0.2) is 18.2 Å². The number of benzene rings is 2. The number of carbonyl (C=O) groups excluding carboxylic acids is 1. The third kappa shape index (κ3) is 1.83. The number of methoxy groups -OCH3 is 2. The molecule has 1 heterocycles. The van der Waals surface area contributed by atoms with Crippen molar-refractivity contribution in [3.8, 4) is 34.5 Å². The fraction of sp³-hybridized carbons (Fsp3) is 0.278. The van der Waals surface area contributed by atoms with E-state index in [0.717, 1.165) is 6.07 Å². The highest BCUT2D eigenvalue weighted by Gasteiger charge is 2.55. The van der Waals surface area contributed by atoms with E-state index >= 15 is 0 Å². The van der Waals surface area contributed by atoms with Gasteiger partial charge in [-0.3, -0.25) is 4.79 Å². The van der Waals surface area contributed by atoms with Gasteiger partial charge in [-0.1, -0.05) is 0 Å². The molecule has 0 fully saturated rings. The van der Waals surface area contributed by atoms with Gasteiger partial charge in [-0.15, -0.1) is 0 Å². The number of fused-ring (bicyclic) bond motifs is 3. The summed E-state index contributed by atoms with van der Waals surface area (Å²) in [5, 5.41) is 30.0. The predicted octanol–water partition coefficient (Wildman–Crippen LogP) is 1.89. The highest BCUT2D eigenvalue weighted by atomic mass is 16.5. The van der Waals surface area contributed by atoms with E-state index in [1.54, 1.807) is 6.07 Å². The number of ketones is 1. The summed E-state index contributed by atoms with van der Waals surface area (Å²) in [6.07, 6.45) is 0.257. The minimum absolute atomic E-state index is 0.0315. The van der Waals surface area contributed by atoms with E-state index in [0.29, 0.717) is 16.9 Å². The van der Waals surface area contributed by atoms with Gasteiger partial charge < -0.3 is 29.5 Å². The number of carbonyl (C=O) groups is 1. The Morgan fingerprint density at radius 3 is 2.56 bits per heavy atom. The second-order valence-electron chi connectivity index (χ2n) is 6.20. The highest BCUT2D eigenvalue weighted by Crippen LogP contribution is 2.56. The first-order chi connectivity index (χ1) is 11.9. The maximum Gasteiger partial charge on any atom is 0.203 e. The van der Waals surface area contributed by atoms with E-state index in [2.05, 4.69) is 0 Å². The van der Waals surface area contributed by atoms with Gasteiger partial charge in [-0.2, -0.15) is 0 Å². The van der Waals surface area contributed by atoms with E-state index < -0.39 is 5.41 Å². The van der Waals surface area contributed by atoms with Gasteiger partial charge in [-0.05, 0) is 18.1 Å². The number of phenols is 3. The molecule has 2 aromatic rings. The van der Waals surface area contributed by atoms with Gasteiger partial charge in [0.05, 0.1) is 19.6 Å². The third-order valence-corrected chi connectivity index (χ3v) is 4.95. The normalized spacial score (nSPS) is 20.3. The van der Waals surface area contributed by atoms with Crippen molar-refractivity contribution < 1.29 is 34.3 Å².